The summed E-state index contributed by atoms with van der Waals surface area (Å²) < 4.78 is 4.32. The van der Waals surface area contributed by atoms with E-state index >= 15 is 0 Å². The van der Waals surface area contributed by atoms with Crippen LogP contribution < -0.4 is 0 Å². The monoisotopic (exact) mass is 231 g/mol. The third kappa shape index (κ3) is 2.13. The fourth-order valence-corrected chi connectivity index (χ4v) is 0.823. The van der Waals surface area contributed by atoms with Gasteiger partial charge in [-0.1, -0.05) is 0 Å². The number of esters is 1. The van der Waals surface area contributed by atoms with E-state index in [0.29, 0.717) is 0 Å². The molecule has 0 aromatic rings. The van der Waals surface area contributed by atoms with Crippen LogP contribution in [0, 0.1) is 0 Å². The summed E-state index contributed by atoms with van der Waals surface area (Å²) in [6.45, 7) is -0.671. The van der Waals surface area contributed by atoms with Gasteiger partial charge in [0.05, 0.1) is 6.61 Å². The number of aliphatic hydroxyl groups is 4. The Balaban J connectivity index is 0.00000144. The van der Waals surface area contributed by atoms with E-state index in [2.05, 4.69) is 4.74 Å². The van der Waals surface area contributed by atoms with E-state index in [4.69, 9.17) is 20.4 Å². The smallest absolute Gasteiger partial charge is 0.505 e. The molecule has 0 aromatic carbocycles. The van der Waals surface area contributed by atoms with Crippen molar-refractivity contribution in [2.24, 2.45) is 0 Å². The topological polar surface area (TPSA) is 107 Å². The van der Waals surface area contributed by atoms with Gasteiger partial charge in [0.2, 0.25) is 5.76 Å². The molecule has 13 heavy (non-hydrogen) atoms. The van der Waals surface area contributed by atoms with E-state index in [1.54, 1.807) is 0 Å². The zero-order valence-corrected chi connectivity index (χ0v) is 7.53. The molecule has 1 radical (unpaired) electrons. The molecule has 1 aliphatic rings. The molecule has 0 unspecified atom stereocenters. The maximum absolute atomic E-state index is 10.5. The first-order valence-electron chi connectivity index (χ1n) is 3.20. The molecule has 7 heteroatoms. The standard InChI is InChI=1S/C6H8O6.Mn/c7-1-2(8)5-3(9)4(10)6(11)12-5;/h2,5,7-10H,1H2;/q;+2/t2-,5+;/m0./s1. The van der Waals surface area contributed by atoms with E-state index < -0.39 is 36.3 Å². The average molecular weight is 231 g/mol. The minimum absolute atomic E-state index is 0. The Hall–Kier alpha value is -0.751. The number of hydrogen-bond acceptors (Lipinski definition) is 6. The molecule has 0 spiro atoms. The molecule has 1 rings (SSSR count). The third-order valence-electron chi connectivity index (χ3n) is 1.48. The zero-order chi connectivity index (χ0) is 9.30. The number of cyclic esters (lactones) is 1. The van der Waals surface area contributed by atoms with Crippen molar-refractivity contribution in [1.82, 2.24) is 0 Å². The summed E-state index contributed by atoms with van der Waals surface area (Å²) >= 11 is 0. The normalized spacial score (nSPS) is 23.8. The van der Waals surface area contributed by atoms with Crippen molar-refractivity contribution in [3.63, 3.8) is 0 Å². The van der Waals surface area contributed by atoms with Crippen LogP contribution in [-0.2, 0) is 26.6 Å². The van der Waals surface area contributed by atoms with Crippen molar-refractivity contribution in [1.29, 1.82) is 0 Å². The SMILES string of the molecule is O=C1O[C@H]([C@@H](O)CO)C(O)=C1O.[Mn+2]. The molecule has 2 atom stereocenters. The molecular weight excluding hydrogens is 223 g/mol. The molecule has 1 aliphatic heterocycles. The summed E-state index contributed by atoms with van der Waals surface area (Å²) in [7, 11) is 0. The summed E-state index contributed by atoms with van der Waals surface area (Å²) in [5, 5.41) is 35.0. The summed E-state index contributed by atoms with van der Waals surface area (Å²) in [6.07, 6.45) is -2.78. The van der Waals surface area contributed by atoms with Crippen molar-refractivity contribution in [3.8, 4) is 0 Å². The number of carbonyl (C=O) groups is 1. The molecule has 73 valence electrons. The van der Waals surface area contributed by atoms with E-state index in [9.17, 15) is 4.79 Å². The zero-order valence-electron chi connectivity index (χ0n) is 6.35. The van der Waals surface area contributed by atoms with Gasteiger partial charge in [-0.3, -0.25) is 0 Å². The van der Waals surface area contributed by atoms with Gasteiger partial charge in [-0.05, 0) is 0 Å². The molecule has 4 N–H and O–H groups in total. The molecule has 0 bridgehead atoms. The largest absolute Gasteiger partial charge is 2.00 e. The van der Waals surface area contributed by atoms with Crippen molar-refractivity contribution < 1.29 is 47.0 Å². The van der Waals surface area contributed by atoms with Gasteiger partial charge in [0, 0.05) is 0 Å². The van der Waals surface area contributed by atoms with E-state index in [1.807, 2.05) is 0 Å². The van der Waals surface area contributed by atoms with E-state index in [-0.39, 0.29) is 17.1 Å². The van der Waals surface area contributed by atoms with Crippen LogP contribution in [0.4, 0.5) is 0 Å². The minimum atomic E-state index is -1.42. The fourth-order valence-electron chi connectivity index (χ4n) is 0.823. The van der Waals surface area contributed by atoms with Crippen LogP contribution in [0.25, 0.3) is 0 Å². The number of carbonyl (C=O) groups excluding carboxylic acids is 1. The van der Waals surface area contributed by atoms with Gasteiger partial charge in [-0.25, -0.2) is 4.79 Å². The van der Waals surface area contributed by atoms with Gasteiger partial charge in [-0.15, -0.1) is 0 Å². The average Bonchev–Trinajstić information content (AvgIpc) is 2.32. The second kappa shape index (κ2) is 4.48. The second-order valence-corrected chi connectivity index (χ2v) is 2.31. The van der Waals surface area contributed by atoms with Crippen LogP contribution in [0.3, 0.4) is 0 Å². The second-order valence-electron chi connectivity index (χ2n) is 2.31. The Morgan fingerprint density at radius 3 is 2.31 bits per heavy atom. The molecular formula is C6H8MnO6+2. The van der Waals surface area contributed by atoms with Gasteiger partial charge < -0.3 is 25.2 Å². The van der Waals surface area contributed by atoms with Crippen LogP contribution in [0.15, 0.2) is 11.5 Å². The van der Waals surface area contributed by atoms with Crippen LogP contribution in [0.5, 0.6) is 0 Å². The molecule has 0 fully saturated rings. The number of hydrogen-bond donors (Lipinski definition) is 4. The van der Waals surface area contributed by atoms with Gasteiger partial charge in [0.1, 0.15) is 6.10 Å². The number of ether oxygens (including phenoxy) is 1. The molecule has 0 saturated carbocycles. The molecule has 0 aromatic heterocycles. The predicted octanol–water partition coefficient (Wildman–Crippen LogP) is -1.41. The first-order chi connectivity index (χ1) is 5.57. The molecule has 0 saturated heterocycles. The first-order valence-corrected chi connectivity index (χ1v) is 3.20. The Morgan fingerprint density at radius 1 is 1.46 bits per heavy atom. The molecule has 0 amide bonds. The van der Waals surface area contributed by atoms with Crippen molar-refractivity contribution in [2.45, 2.75) is 12.2 Å². The number of rotatable bonds is 2. The first kappa shape index (κ1) is 12.2. The van der Waals surface area contributed by atoms with Crippen LogP contribution in [0.2, 0.25) is 0 Å². The Morgan fingerprint density at radius 2 is 2.00 bits per heavy atom. The fraction of sp³-hybridized carbons (Fsp3) is 0.500. The number of aliphatic hydroxyl groups excluding tert-OH is 4. The van der Waals surface area contributed by atoms with Gasteiger partial charge in [-0.2, -0.15) is 0 Å². The van der Waals surface area contributed by atoms with Crippen molar-refractivity contribution in [3.05, 3.63) is 11.5 Å². The molecule has 0 aliphatic carbocycles. The van der Waals surface area contributed by atoms with E-state index in [0.717, 1.165) is 0 Å². The van der Waals surface area contributed by atoms with E-state index in [1.165, 1.54) is 0 Å². The Kier molecular flexibility index (Phi) is 4.22. The quantitative estimate of drug-likeness (QED) is 0.343. The summed E-state index contributed by atoms with van der Waals surface area (Å²) in [6, 6.07) is 0. The summed E-state index contributed by atoms with van der Waals surface area (Å²) in [4.78, 5) is 10.5. The minimum Gasteiger partial charge on any atom is -0.505 e. The van der Waals surface area contributed by atoms with Crippen LogP contribution in [0.1, 0.15) is 0 Å². The van der Waals surface area contributed by atoms with Crippen LogP contribution in [-0.4, -0.2) is 45.2 Å². The van der Waals surface area contributed by atoms with Crippen molar-refractivity contribution in [2.75, 3.05) is 6.61 Å². The van der Waals surface area contributed by atoms with Gasteiger partial charge in [0.15, 0.2) is 11.9 Å². The predicted molar refractivity (Wildman–Crippen MR) is 35.3 cm³/mol. The van der Waals surface area contributed by atoms with Gasteiger partial charge >= 0.3 is 23.0 Å². The molecule has 6 nitrogen and oxygen atoms in total. The van der Waals surface area contributed by atoms with Gasteiger partial charge in [0.25, 0.3) is 0 Å². The Bertz CT molecular complexity index is 237. The Labute approximate surface area is 83.9 Å². The van der Waals surface area contributed by atoms with Crippen molar-refractivity contribution >= 4 is 5.97 Å². The third-order valence-corrected chi connectivity index (χ3v) is 1.48. The summed E-state index contributed by atoms with van der Waals surface area (Å²) in [5.41, 5.74) is 0. The maximum atomic E-state index is 10.5. The maximum Gasteiger partial charge on any atom is 2.00 e. The summed E-state index contributed by atoms with van der Waals surface area (Å²) in [5.74, 6) is -2.78. The molecule has 1 heterocycles. The van der Waals surface area contributed by atoms with Crippen LogP contribution >= 0.6 is 0 Å².